The van der Waals surface area contributed by atoms with Gasteiger partial charge in [0.15, 0.2) is 0 Å². The van der Waals surface area contributed by atoms with Gasteiger partial charge in [0.25, 0.3) is 5.91 Å². The normalized spacial score (nSPS) is 26.8. The lowest BCUT2D eigenvalue weighted by atomic mass is 9.54. The number of amides is 4. The van der Waals surface area contributed by atoms with Gasteiger partial charge in [-0.25, -0.2) is 14.2 Å². The van der Waals surface area contributed by atoms with Crippen LogP contribution in [0.1, 0.15) is 48.8 Å². The molecule has 226 valence electrons. The smallest absolute Gasteiger partial charge is 0.321 e. The van der Waals surface area contributed by atoms with Crippen LogP contribution in [0, 0.1) is 36.4 Å². The van der Waals surface area contributed by atoms with Crippen molar-refractivity contribution in [3.8, 4) is 0 Å². The quantitative estimate of drug-likeness (QED) is 0.356. The Morgan fingerprint density at radius 3 is 2.25 bits per heavy atom. The first-order valence-corrected chi connectivity index (χ1v) is 15.5. The molecule has 0 radical (unpaired) electrons. The van der Waals surface area contributed by atoms with Gasteiger partial charge in [0.2, 0.25) is 12.1 Å². The SMILES string of the molecule is Cc1cccc(NC(=O)NC2N=C(c3ccccc3F)c3ccccc3N(CC(=O)NC3C4CC5CC(C4)CC3C5)C2=O)c1. The molecule has 8 nitrogen and oxygen atoms in total. The molecule has 3 N–H and O–H groups in total. The van der Waals surface area contributed by atoms with E-state index in [0.717, 1.165) is 43.1 Å². The average Bonchev–Trinajstić information content (AvgIpc) is 3.10. The Balaban J connectivity index is 1.19. The molecule has 8 rings (SSSR count). The maximum absolute atomic E-state index is 15.2. The molecular weight excluding hydrogens is 557 g/mol. The van der Waals surface area contributed by atoms with Crippen LogP contribution in [0.2, 0.25) is 0 Å². The molecule has 3 aromatic rings. The molecule has 1 unspecified atom stereocenters. The summed E-state index contributed by atoms with van der Waals surface area (Å²) in [5.74, 6) is 1.18. The Labute approximate surface area is 256 Å². The summed E-state index contributed by atoms with van der Waals surface area (Å²) in [4.78, 5) is 47.0. The third kappa shape index (κ3) is 5.47. The van der Waals surface area contributed by atoms with E-state index in [1.165, 1.54) is 17.4 Å². The maximum atomic E-state index is 15.2. The molecule has 3 aromatic carbocycles. The molecule has 1 heterocycles. The Hall–Kier alpha value is -4.53. The molecule has 1 atom stereocenters. The first kappa shape index (κ1) is 28.3. The molecule has 4 saturated carbocycles. The highest BCUT2D eigenvalue weighted by Gasteiger charge is 2.48. The third-order valence-corrected chi connectivity index (χ3v) is 9.74. The molecule has 9 heteroatoms. The largest absolute Gasteiger partial charge is 0.351 e. The lowest BCUT2D eigenvalue weighted by Crippen LogP contribution is -2.58. The fourth-order valence-electron chi connectivity index (χ4n) is 8.10. The maximum Gasteiger partial charge on any atom is 0.321 e. The Morgan fingerprint density at radius 1 is 0.864 bits per heavy atom. The average molecular weight is 594 g/mol. The second-order valence-corrected chi connectivity index (χ2v) is 12.8. The minimum Gasteiger partial charge on any atom is -0.351 e. The molecule has 1 aliphatic heterocycles. The summed E-state index contributed by atoms with van der Waals surface area (Å²) in [5, 5.41) is 8.73. The van der Waals surface area contributed by atoms with Gasteiger partial charge in [0.1, 0.15) is 12.4 Å². The Morgan fingerprint density at radius 2 is 1.55 bits per heavy atom. The molecule has 0 saturated heterocycles. The van der Waals surface area contributed by atoms with Crippen molar-refractivity contribution in [3.05, 3.63) is 95.3 Å². The minimum atomic E-state index is -1.41. The number of benzodiazepines with no additional fused rings is 1. The van der Waals surface area contributed by atoms with Crippen LogP contribution in [-0.2, 0) is 9.59 Å². The Bertz CT molecular complexity index is 1630. The number of hydrogen-bond donors (Lipinski definition) is 3. The van der Waals surface area contributed by atoms with Crippen LogP contribution in [0.3, 0.4) is 0 Å². The van der Waals surface area contributed by atoms with E-state index < -0.39 is 23.9 Å². The molecule has 4 bridgehead atoms. The summed E-state index contributed by atoms with van der Waals surface area (Å²) in [6.07, 6.45) is 4.55. The van der Waals surface area contributed by atoms with Crippen molar-refractivity contribution >= 4 is 34.9 Å². The van der Waals surface area contributed by atoms with Crippen LogP contribution in [0.4, 0.5) is 20.6 Å². The number of rotatable bonds is 6. The van der Waals surface area contributed by atoms with Crippen LogP contribution >= 0.6 is 0 Å². The van der Waals surface area contributed by atoms with E-state index in [2.05, 4.69) is 20.9 Å². The van der Waals surface area contributed by atoms with E-state index in [0.29, 0.717) is 28.8 Å². The second kappa shape index (κ2) is 11.5. The lowest BCUT2D eigenvalue weighted by molar-refractivity contribution is -0.126. The first-order chi connectivity index (χ1) is 21.3. The summed E-state index contributed by atoms with van der Waals surface area (Å²) < 4.78 is 15.2. The summed E-state index contributed by atoms with van der Waals surface area (Å²) in [6.45, 7) is 1.67. The number of para-hydroxylation sites is 1. The number of nitrogens with one attached hydrogen (secondary N) is 3. The van der Waals surface area contributed by atoms with Gasteiger partial charge in [0.05, 0.1) is 11.4 Å². The topological polar surface area (TPSA) is 103 Å². The molecule has 5 aliphatic rings. The highest BCUT2D eigenvalue weighted by Crippen LogP contribution is 2.53. The second-order valence-electron chi connectivity index (χ2n) is 12.8. The first-order valence-electron chi connectivity index (χ1n) is 15.5. The summed E-state index contributed by atoms with van der Waals surface area (Å²) in [7, 11) is 0. The molecule has 4 amide bonds. The number of fused-ring (bicyclic) bond motifs is 1. The Kier molecular flexibility index (Phi) is 7.40. The molecule has 4 fully saturated rings. The summed E-state index contributed by atoms with van der Waals surface area (Å²) in [6, 6.07) is 20.0. The number of anilines is 2. The molecular formula is C35H36FN5O3. The van der Waals surface area contributed by atoms with Crippen molar-refractivity contribution in [3.63, 3.8) is 0 Å². The van der Waals surface area contributed by atoms with Crippen molar-refractivity contribution in [1.82, 2.24) is 10.6 Å². The number of hydrogen-bond acceptors (Lipinski definition) is 4. The third-order valence-electron chi connectivity index (χ3n) is 9.74. The van der Waals surface area contributed by atoms with Gasteiger partial charge in [-0.3, -0.25) is 14.5 Å². The fourth-order valence-corrected chi connectivity index (χ4v) is 8.10. The number of nitrogens with zero attached hydrogens (tertiary/aromatic N) is 2. The van der Waals surface area contributed by atoms with E-state index in [1.807, 2.05) is 19.1 Å². The zero-order valence-corrected chi connectivity index (χ0v) is 24.6. The van der Waals surface area contributed by atoms with Crippen molar-refractivity contribution in [1.29, 1.82) is 0 Å². The van der Waals surface area contributed by atoms with Gasteiger partial charge >= 0.3 is 6.03 Å². The standard InChI is InChI=1S/C35H36FN5O3/c1-20-7-6-8-25(13-20)37-35(44)40-33-34(43)41(19-30(42)38-31-23-15-21-14-22(17-23)18-24(31)16-21)29-12-5-3-10-27(29)32(39-33)26-9-2-4-11-28(26)36/h2-13,21-24,31,33H,14-19H2,1H3,(H,38,42)(H2,37,40,44). The van der Waals surface area contributed by atoms with E-state index >= 15 is 4.39 Å². The molecule has 0 aromatic heterocycles. The number of carbonyl (C=O) groups excluding carboxylic acids is 3. The van der Waals surface area contributed by atoms with Gasteiger partial charge < -0.3 is 16.0 Å². The van der Waals surface area contributed by atoms with Crippen LogP contribution in [0.15, 0.2) is 77.8 Å². The fraction of sp³-hybridized carbons (Fsp3) is 0.371. The summed E-state index contributed by atoms with van der Waals surface area (Å²) >= 11 is 0. The number of urea groups is 1. The van der Waals surface area contributed by atoms with Gasteiger partial charge in [-0.2, -0.15) is 0 Å². The van der Waals surface area contributed by atoms with E-state index in [4.69, 9.17) is 0 Å². The highest BCUT2D eigenvalue weighted by atomic mass is 19.1. The van der Waals surface area contributed by atoms with Crippen LogP contribution < -0.4 is 20.9 Å². The summed E-state index contributed by atoms with van der Waals surface area (Å²) in [5.41, 5.74) is 2.85. The van der Waals surface area contributed by atoms with Crippen LogP contribution in [0.25, 0.3) is 0 Å². The van der Waals surface area contributed by atoms with Crippen LogP contribution in [-0.4, -0.2) is 42.3 Å². The van der Waals surface area contributed by atoms with E-state index in [-0.39, 0.29) is 29.8 Å². The van der Waals surface area contributed by atoms with Gasteiger partial charge in [-0.1, -0.05) is 42.5 Å². The van der Waals surface area contributed by atoms with Crippen molar-refractivity contribution in [2.45, 2.75) is 51.2 Å². The van der Waals surface area contributed by atoms with Crippen LogP contribution in [0.5, 0.6) is 0 Å². The number of benzene rings is 3. The molecule has 0 spiro atoms. The van der Waals surface area contributed by atoms with Gasteiger partial charge in [0, 0.05) is 22.9 Å². The monoisotopic (exact) mass is 593 g/mol. The number of halogens is 1. The van der Waals surface area contributed by atoms with Crippen molar-refractivity contribution < 1.29 is 18.8 Å². The van der Waals surface area contributed by atoms with E-state index in [1.54, 1.807) is 54.6 Å². The van der Waals surface area contributed by atoms with Crippen molar-refractivity contribution in [2.75, 3.05) is 16.8 Å². The molecule has 4 aliphatic carbocycles. The lowest BCUT2D eigenvalue weighted by Gasteiger charge is -2.54. The zero-order valence-electron chi connectivity index (χ0n) is 24.6. The molecule has 44 heavy (non-hydrogen) atoms. The predicted molar refractivity (Wildman–Crippen MR) is 167 cm³/mol. The number of aryl methyl sites for hydroxylation is 1. The number of carbonyl (C=O) groups is 3. The highest BCUT2D eigenvalue weighted by molar-refractivity contribution is 6.21. The predicted octanol–water partition coefficient (Wildman–Crippen LogP) is 5.41. The van der Waals surface area contributed by atoms with E-state index in [9.17, 15) is 14.4 Å². The van der Waals surface area contributed by atoms with Gasteiger partial charge in [-0.05, 0) is 98.6 Å². The van der Waals surface area contributed by atoms with Crippen molar-refractivity contribution in [2.24, 2.45) is 28.7 Å². The zero-order chi connectivity index (χ0) is 30.4. The minimum absolute atomic E-state index is 0.117. The number of aliphatic imine (C=N–C) groups is 1. The van der Waals surface area contributed by atoms with Gasteiger partial charge in [-0.15, -0.1) is 0 Å².